The molecule has 4 nitrogen and oxygen atoms in total. The summed E-state index contributed by atoms with van der Waals surface area (Å²) in [7, 11) is 1.63. The van der Waals surface area contributed by atoms with Crippen LogP contribution in [0.1, 0.15) is 37.0 Å². The maximum atomic E-state index is 9.46. The molecule has 0 fully saturated rings. The number of rotatable bonds is 4. The lowest BCUT2D eigenvalue weighted by Crippen LogP contribution is -2.59. The van der Waals surface area contributed by atoms with E-state index in [4.69, 9.17) is 15.9 Å². The van der Waals surface area contributed by atoms with Gasteiger partial charge in [0.25, 0.3) is 0 Å². The minimum Gasteiger partial charge on any atom is -0.493 e. The molecule has 0 amide bonds. The highest BCUT2D eigenvalue weighted by Crippen LogP contribution is 2.56. The number of nitrogens with zero attached hydrogens (tertiary/aromatic N) is 1. The average Bonchev–Trinajstić information content (AvgIpc) is 2.89. The molecule has 4 heteroatoms. The molecule has 1 N–H and O–H groups in total. The van der Waals surface area contributed by atoms with E-state index in [1.807, 2.05) is 18.2 Å². The van der Waals surface area contributed by atoms with Crippen LogP contribution in [0.25, 0.3) is 6.08 Å². The topological polar surface area (TPSA) is 41.9 Å². The molecule has 2 heterocycles. The van der Waals surface area contributed by atoms with Crippen molar-refractivity contribution in [3.8, 4) is 23.8 Å². The summed E-state index contributed by atoms with van der Waals surface area (Å²) in [6.45, 7) is 5.20. The Kier molecular flexibility index (Phi) is 4.36. The third kappa shape index (κ3) is 2.43. The molecule has 1 spiro atoms. The molecule has 0 saturated carbocycles. The van der Waals surface area contributed by atoms with Gasteiger partial charge in [0.05, 0.1) is 12.5 Å². The maximum Gasteiger partial charge on any atom is 0.212 e. The molecule has 0 bridgehead atoms. The van der Waals surface area contributed by atoms with E-state index in [9.17, 15) is 5.11 Å². The van der Waals surface area contributed by atoms with Crippen LogP contribution in [0.2, 0.25) is 0 Å². The Balaban J connectivity index is 1.89. The first-order chi connectivity index (χ1) is 13.5. The van der Waals surface area contributed by atoms with Gasteiger partial charge in [-0.15, -0.1) is 6.42 Å². The number of terminal acetylenes is 1. The number of aliphatic hydroxyl groups is 1. The van der Waals surface area contributed by atoms with Crippen molar-refractivity contribution in [2.75, 3.05) is 25.2 Å². The molecule has 1 atom stereocenters. The van der Waals surface area contributed by atoms with Crippen LogP contribution in [0.5, 0.6) is 11.5 Å². The standard InChI is InChI=1S/C24H25NO3/c1-5-17-15-18-11-12-24(28-22(18)21(16-17)27-4)23(2,3)19-9-6-7-10-20(19)25(24)13-8-14-26/h1,6-7,9-12,15-16,26H,8,13-14H2,2-4H3. The van der Waals surface area contributed by atoms with Gasteiger partial charge in [0.2, 0.25) is 5.72 Å². The van der Waals surface area contributed by atoms with Crippen LogP contribution in [0.3, 0.4) is 0 Å². The van der Waals surface area contributed by atoms with Gasteiger partial charge in [-0.25, -0.2) is 0 Å². The number of aliphatic hydroxyl groups excluding tert-OH is 1. The highest BCUT2D eigenvalue weighted by molar-refractivity contribution is 5.74. The van der Waals surface area contributed by atoms with E-state index < -0.39 is 5.72 Å². The van der Waals surface area contributed by atoms with Crippen LogP contribution in [0, 0.1) is 12.3 Å². The predicted molar refractivity (Wildman–Crippen MR) is 112 cm³/mol. The normalized spacial score (nSPS) is 21.0. The van der Waals surface area contributed by atoms with E-state index in [2.05, 4.69) is 55.0 Å². The van der Waals surface area contributed by atoms with Crippen molar-refractivity contribution in [2.24, 2.45) is 0 Å². The van der Waals surface area contributed by atoms with Crippen LogP contribution < -0.4 is 14.4 Å². The second-order valence-corrected chi connectivity index (χ2v) is 7.74. The molecule has 2 aromatic rings. The van der Waals surface area contributed by atoms with E-state index in [-0.39, 0.29) is 12.0 Å². The quantitative estimate of drug-likeness (QED) is 0.822. The SMILES string of the molecule is C#Cc1cc2c(c(OC)c1)OC1(C=C2)N(CCCO)c2ccccc2C1(C)C. The van der Waals surface area contributed by atoms with E-state index in [0.717, 1.165) is 16.8 Å². The zero-order valence-corrected chi connectivity index (χ0v) is 16.5. The molecular weight excluding hydrogens is 350 g/mol. The summed E-state index contributed by atoms with van der Waals surface area (Å²) in [4.78, 5) is 2.26. The summed E-state index contributed by atoms with van der Waals surface area (Å²) >= 11 is 0. The van der Waals surface area contributed by atoms with E-state index >= 15 is 0 Å². The van der Waals surface area contributed by atoms with Crippen LogP contribution >= 0.6 is 0 Å². The zero-order chi connectivity index (χ0) is 19.9. The molecule has 4 rings (SSSR count). The van der Waals surface area contributed by atoms with Gasteiger partial charge in [-0.1, -0.05) is 24.1 Å². The summed E-state index contributed by atoms with van der Waals surface area (Å²) in [6, 6.07) is 12.1. The highest BCUT2D eigenvalue weighted by Gasteiger charge is 2.58. The van der Waals surface area contributed by atoms with Gasteiger partial charge in [-0.2, -0.15) is 0 Å². The number of ether oxygens (including phenoxy) is 2. The summed E-state index contributed by atoms with van der Waals surface area (Å²) in [5, 5.41) is 9.46. The molecule has 28 heavy (non-hydrogen) atoms. The third-order valence-electron chi connectivity index (χ3n) is 5.92. The first kappa shape index (κ1) is 18.5. The minimum atomic E-state index is -0.718. The van der Waals surface area contributed by atoms with Crippen molar-refractivity contribution < 1.29 is 14.6 Å². The lowest BCUT2D eigenvalue weighted by Gasteiger charge is -2.47. The van der Waals surface area contributed by atoms with Crippen molar-refractivity contribution >= 4 is 11.8 Å². The summed E-state index contributed by atoms with van der Waals surface area (Å²) in [5.41, 5.74) is 2.98. The number of hydrogen-bond donors (Lipinski definition) is 1. The first-order valence-electron chi connectivity index (χ1n) is 9.53. The van der Waals surface area contributed by atoms with Gasteiger partial charge in [0.1, 0.15) is 0 Å². The Labute approximate surface area is 166 Å². The summed E-state index contributed by atoms with van der Waals surface area (Å²) in [6.07, 6.45) is 10.4. The molecule has 2 aliphatic rings. The van der Waals surface area contributed by atoms with Crippen molar-refractivity contribution in [1.82, 2.24) is 0 Å². The molecule has 0 aliphatic carbocycles. The van der Waals surface area contributed by atoms with Crippen molar-refractivity contribution in [3.63, 3.8) is 0 Å². The Bertz CT molecular complexity index is 986. The lowest BCUT2D eigenvalue weighted by atomic mass is 9.76. The molecule has 0 radical (unpaired) electrons. The number of anilines is 1. The van der Waals surface area contributed by atoms with Gasteiger partial charge in [0.15, 0.2) is 11.5 Å². The Hall–Kier alpha value is -2.90. The smallest absolute Gasteiger partial charge is 0.212 e. The summed E-state index contributed by atoms with van der Waals surface area (Å²) < 4.78 is 12.4. The second kappa shape index (κ2) is 6.61. The second-order valence-electron chi connectivity index (χ2n) is 7.74. The first-order valence-corrected chi connectivity index (χ1v) is 9.53. The largest absolute Gasteiger partial charge is 0.493 e. The van der Waals surface area contributed by atoms with Gasteiger partial charge in [0, 0.05) is 30.0 Å². The summed E-state index contributed by atoms with van der Waals surface area (Å²) in [5.74, 6) is 3.99. The molecule has 2 aromatic carbocycles. The monoisotopic (exact) mass is 375 g/mol. The van der Waals surface area contributed by atoms with E-state index in [1.54, 1.807) is 7.11 Å². The molecule has 0 saturated heterocycles. The van der Waals surface area contributed by atoms with E-state index in [0.29, 0.717) is 24.5 Å². The highest BCUT2D eigenvalue weighted by atomic mass is 16.5. The van der Waals surface area contributed by atoms with Crippen molar-refractivity contribution in [1.29, 1.82) is 0 Å². The number of benzene rings is 2. The molecule has 2 aliphatic heterocycles. The fraction of sp³-hybridized carbons (Fsp3) is 0.333. The van der Waals surface area contributed by atoms with Gasteiger partial charge in [-0.05, 0) is 56.2 Å². The van der Waals surface area contributed by atoms with Crippen molar-refractivity contribution in [3.05, 3.63) is 59.2 Å². The van der Waals surface area contributed by atoms with Crippen molar-refractivity contribution in [2.45, 2.75) is 31.4 Å². The van der Waals surface area contributed by atoms with Gasteiger partial charge < -0.3 is 19.5 Å². The van der Waals surface area contributed by atoms with Crippen LogP contribution in [0.15, 0.2) is 42.5 Å². The third-order valence-corrected chi connectivity index (χ3v) is 5.92. The fourth-order valence-electron chi connectivity index (χ4n) is 4.43. The number of para-hydroxylation sites is 1. The van der Waals surface area contributed by atoms with Crippen LogP contribution in [-0.2, 0) is 5.41 Å². The lowest BCUT2D eigenvalue weighted by molar-refractivity contribution is 0.0496. The molecule has 144 valence electrons. The Morgan fingerprint density at radius 2 is 2.04 bits per heavy atom. The van der Waals surface area contributed by atoms with Crippen LogP contribution in [0.4, 0.5) is 5.69 Å². The Morgan fingerprint density at radius 3 is 2.75 bits per heavy atom. The number of methoxy groups -OCH3 is 1. The van der Waals surface area contributed by atoms with Gasteiger partial charge >= 0.3 is 0 Å². The zero-order valence-electron chi connectivity index (χ0n) is 16.5. The number of fused-ring (bicyclic) bond motifs is 2. The number of hydrogen-bond acceptors (Lipinski definition) is 4. The molecular formula is C24H25NO3. The molecule has 1 unspecified atom stereocenters. The minimum absolute atomic E-state index is 0.129. The average molecular weight is 375 g/mol. The Morgan fingerprint density at radius 1 is 1.25 bits per heavy atom. The predicted octanol–water partition coefficient (Wildman–Crippen LogP) is 3.96. The van der Waals surface area contributed by atoms with Gasteiger partial charge in [-0.3, -0.25) is 0 Å². The fourth-order valence-corrected chi connectivity index (χ4v) is 4.43. The van der Waals surface area contributed by atoms with E-state index in [1.165, 1.54) is 5.56 Å². The maximum absolute atomic E-state index is 9.46. The van der Waals surface area contributed by atoms with Crippen LogP contribution in [-0.4, -0.2) is 31.1 Å². The molecule has 0 aromatic heterocycles.